The van der Waals surface area contributed by atoms with Gasteiger partial charge in [-0.1, -0.05) is 12.1 Å². The predicted molar refractivity (Wildman–Crippen MR) is 162 cm³/mol. The Labute approximate surface area is 248 Å². The number of nitrogens with zero attached hydrogens (tertiary/aromatic N) is 2. The normalized spacial score (nSPS) is 18.3. The number of aryl methyl sites for hydroxylation is 1. The molecule has 0 unspecified atom stereocenters. The Balaban J connectivity index is 1.18. The Morgan fingerprint density at radius 1 is 1.10 bits per heavy atom. The van der Waals surface area contributed by atoms with Crippen molar-refractivity contribution in [1.82, 2.24) is 10.2 Å². The molecule has 3 N–H and O–H groups in total. The van der Waals surface area contributed by atoms with Crippen LogP contribution in [0.2, 0.25) is 0 Å². The second kappa shape index (κ2) is 13.2. The van der Waals surface area contributed by atoms with Crippen LogP contribution in [0.3, 0.4) is 0 Å². The van der Waals surface area contributed by atoms with Crippen LogP contribution < -0.4 is 20.7 Å². The molecule has 3 aliphatic rings. The molecule has 2 heterocycles. The summed E-state index contributed by atoms with van der Waals surface area (Å²) in [6.45, 7) is 6.47. The Morgan fingerprint density at radius 3 is 2.48 bits per heavy atom. The highest BCUT2D eigenvalue weighted by Gasteiger charge is 2.45. The third kappa shape index (κ3) is 7.06. The number of rotatable bonds is 12. The number of carbonyl (C=O) groups is 3. The molecule has 3 amide bonds. The highest BCUT2D eigenvalue weighted by Crippen LogP contribution is 2.45. The molecule has 2 aromatic rings. The van der Waals surface area contributed by atoms with Crippen molar-refractivity contribution < 1.29 is 23.9 Å². The number of anilines is 1. The zero-order valence-electron chi connectivity index (χ0n) is 25.0. The molecule has 9 heteroatoms. The SMILES string of the molecule is CCOc1cc(C(=O)OC)c(C2CC2)cc1CN1CCC2(CC1)CC(=O)N(c1ccc(CCCCNC(N)=O)cc1)C2. The van der Waals surface area contributed by atoms with Crippen LogP contribution in [-0.4, -0.2) is 62.7 Å². The molecule has 0 bridgehead atoms. The quantitative estimate of drug-likeness (QED) is 0.278. The number of likely N-dealkylation sites (tertiary alicyclic amines) is 1. The van der Waals surface area contributed by atoms with Crippen molar-refractivity contribution in [3.8, 4) is 5.75 Å². The lowest BCUT2D eigenvalue weighted by atomic mass is 9.77. The number of amides is 3. The van der Waals surface area contributed by atoms with Gasteiger partial charge in [-0.2, -0.15) is 0 Å². The summed E-state index contributed by atoms with van der Waals surface area (Å²) in [5.74, 6) is 1.09. The van der Waals surface area contributed by atoms with E-state index < -0.39 is 6.03 Å². The number of nitrogens with one attached hydrogen (secondary N) is 1. The van der Waals surface area contributed by atoms with Gasteiger partial charge in [0.05, 0.1) is 19.3 Å². The molecule has 0 radical (unpaired) electrons. The van der Waals surface area contributed by atoms with Crippen LogP contribution in [0.4, 0.5) is 10.5 Å². The lowest BCUT2D eigenvalue weighted by molar-refractivity contribution is -0.118. The van der Waals surface area contributed by atoms with Crippen molar-refractivity contribution in [2.75, 3.05) is 44.8 Å². The minimum absolute atomic E-state index is 0.0103. The van der Waals surface area contributed by atoms with Gasteiger partial charge in [-0.15, -0.1) is 0 Å². The van der Waals surface area contributed by atoms with Gasteiger partial charge in [-0.25, -0.2) is 9.59 Å². The van der Waals surface area contributed by atoms with Crippen LogP contribution in [0, 0.1) is 5.41 Å². The van der Waals surface area contributed by atoms with E-state index >= 15 is 0 Å². The highest BCUT2D eigenvalue weighted by atomic mass is 16.5. The van der Waals surface area contributed by atoms with Gasteiger partial charge < -0.3 is 25.4 Å². The topological polar surface area (TPSA) is 114 Å². The second-order valence-electron chi connectivity index (χ2n) is 12.1. The van der Waals surface area contributed by atoms with Crippen LogP contribution in [0.5, 0.6) is 5.75 Å². The van der Waals surface area contributed by atoms with E-state index in [4.69, 9.17) is 15.2 Å². The van der Waals surface area contributed by atoms with Crippen molar-refractivity contribution in [1.29, 1.82) is 0 Å². The number of unbranched alkanes of at least 4 members (excludes halogenated alkanes) is 1. The van der Waals surface area contributed by atoms with Crippen molar-refractivity contribution >= 4 is 23.6 Å². The molecular weight excluding hydrogens is 532 g/mol. The molecule has 1 spiro atoms. The zero-order chi connectivity index (χ0) is 29.7. The molecule has 0 aromatic heterocycles. The number of nitrogens with two attached hydrogens (primary N) is 1. The molecule has 0 atom stereocenters. The minimum Gasteiger partial charge on any atom is -0.494 e. The van der Waals surface area contributed by atoms with Gasteiger partial charge >= 0.3 is 12.0 Å². The zero-order valence-corrected chi connectivity index (χ0v) is 25.0. The molecule has 1 saturated carbocycles. The molecule has 226 valence electrons. The van der Waals surface area contributed by atoms with Gasteiger partial charge in [-0.3, -0.25) is 9.69 Å². The predicted octanol–water partition coefficient (Wildman–Crippen LogP) is 4.76. The van der Waals surface area contributed by atoms with Crippen LogP contribution in [0.25, 0.3) is 0 Å². The van der Waals surface area contributed by atoms with Crippen LogP contribution in [-0.2, 0) is 22.5 Å². The van der Waals surface area contributed by atoms with Crippen LogP contribution >= 0.6 is 0 Å². The number of benzene rings is 2. The van der Waals surface area contributed by atoms with Gasteiger partial charge in [0.25, 0.3) is 0 Å². The Bertz CT molecular complexity index is 1280. The molecule has 5 rings (SSSR count). The van der Waals surface area contributed by atoms with Gasteiger partial charge in [-0.05, 0) is 112 Å². The summed E-state index contributed by atoms with van der Waals surface area (Å²) in [6.07, 6.45) is 7.53. The van der Waals surface area contributed by atoms with Crippen molar-refractivity contribution in [3.63, 3.8) is 0 Å². The molecular formula is C33H44N4O5. The first-order valence-corrected chi connectivity index (χ1v) is 15.3. The van der Waals surface area contributed by atoms with E-state index in [0.29, 0.717) is 31.1 Å². The number of ether oxygens (including phenoxy) is 2. The summed E-state index contributed by atoms with van der Waals surface area (Å²) >= 11 is 0. The van der Waals surface area contributed by atoms with Gasteiger partial charge in [0, 0.05) is 37.3 Å². The first-order chi connectivity index (χ1) is 20.3. The van der Waals surface area contributed by atoms with E-state index in [1.807, 2.05) is 17.9 Å². The standard InChI is InChI=1S/C33H44N4O5/c1-3-42-29-19-28(31(39)41-2)27(24-9-10-24)18-25(29)21-36-16-13-33(14-17-36)20-30(38)37(22-33)26-11-7-23(8-12-26)6-4-5-15-35-32(34)40/h7-8,11-12,18-19,24H,3-6,9-10,13-17,20-22H2,1-2H3,(H3,34,35,40). The number of methoxy groups -OCH3 is 1. The van der Waals surface area contributed by atoms with Gasteiger partial charge in [0.1, 0.15) is 5.75 Å². The monoisotopic (exact) mass is 576 g/mol. The molecule has 2 aliphatic heterocycles. The Morgan fingerprint density at radius 2 is 1.83 bits per heavy atom. The van der Waals surface area contributed by atoms with E-state index in [2.05, 4.69) is 40.5 Å². The average molecular weight is 577 g/mol. The molecule has 9 nitrogen and oxygen atoms in total. The third-order valence-corrected chi connectivity index (χ3v) is 9.03. The van der Waals surface area contributed by atoms with Crippen molar-refractivity contribution in [3.05, 3.63) is 58.7 Å². The lowest BCUT2D eigenvalue weighted by Gasteiger charge is -2.39. The maximum Gasteiger partial charge on any atom is 0.338 e. The fraction of sp³-hybridized carbons (Fsp3) is 0.545. The number of piperidine rings is 1. The van der Waals surface area contributed by atoms with Gasteiger partial charge in [0.2, 0.25) is 5.91 Å². The van der Waals surface area contributed by atoms with Crippen LogP contribution in [0.15, 0.2) is 36.4 Å². The summed E-state index contributed by atoms with van der Waals surface area (Å²) in [5, 5.41) is 2.62. The summed E-state index contributed by atoms with van der Waals surface area (Å²) in [6, 6.07) is 11.9. The first kappa shape index (κ1) is 29.9. The maximum absolute atomic E-state index is 13.2. The molecule has 3 fully saturated rings. The number of hydrogen-bond acceptors (Lipinski definition) is 6. The van der Waals surface area contributed by atoms with Crippen molar-refractivity contribution in [2.24, 2.45) is 11.1 Å². The largest absolute Gasteiger partial charge is 0.494 e. The smallest absolute Gasteiger partial charge is 0.338 e. The molecule has 2 aromatic carbocycles. The Hall–Kier alpha value is -3.59. The van der Waals surface area contributed by atoms with E-state index in [9.17, 15) is 14.4 Å². The van der Waals surface area contributed by atoms with Gasteiger partial charge in [0.15, 0.2) is 0 Å². The number of urea groups is 1. The number of carbonyl (C=O) groups excluding carboxylic acids is 3. The third-order valence-electron chi connectivity index (χ3n) is 9.03. The number of primary amides is 1. The van der Waals surface area contributed by atoms with E-state index in [-0.39, 0.29) is 17.3 Å². The average Bonchev–Trinajstić information content (AvgIpc) is 3.78. The summed E-state index contributed by atoms with van der Waals surface area (Å²) in [5.41, 5.74) is 10.1. The van der Waals surface area contributed by atoms with E-state index in [0.717, 1.165) is 93.7 Å². The first-order valence-electron chi connectivity index (χ1n) is 15.3. The Kier molecular flexibility index (Phi) is 9.36. The van der Waals surface area contributed by atoms with E-state index in [1.54, 1.807) is 0 Å². The minimum atomic E-state index is -0.483. The second-order valence-corrected chi connectivity index (χ2v) is 12.1. The molecule has 42 heavy (non-hydrogen) atoms. The summed E-state index contributed by atoms with van der Waals surface area (Å²) < 4.78 is 11.0. The van der Waals surface area contributed by atoms with Crippen molar-refractivity contribution in [2.45, 2.75) is 70.8 Å². The lowest BCUT2D eigenvalue weighted by Crippen LogP contribution is -2.41. The number of hydrogen-bond donors (Lipinski definition) is 2. The summed E-state index contributed by atoms with van der Waals surface area (Å²) in [4.78, 5) is 40.9. The maximum atomic E-state index is 13.2. The molecule has 1 aliphatic carbocycles. The fourth-order valence-electron chi connectivity index (χ4n) is 6.48. The summed E-state index contributed by atoms with van der Waals surface area (Å²) in [7, 11) is 1.43. The van der Waals surface area contributed by atoms with E-state index in [1.165, 1.54) is 12.7 Å². The fourth-order valence-corrected chi connectivity index (χ4v) is 6.48. The van der Waals surface area contributed by atoms with Crippen LogP contribution in [0.1, 0.15) is 84.8 Å². The molecule has 2 saturated heterocycles. The number of esters is 1. The highest BCUT2D eigenvalue weighted by molar-refractivity contribution is 5.96.